The minimum absolute atomic E-state index is 0.194. The highest BCUT2D eigenvalue weighted by atomic mass is 19.1. The van der Waals surface area contributed by atoms with Crippen LogP contribution in [-0.4, -0.2) is 35.6 Å². The maximum absolute atomic E-state index is 14.2. The lowest BCUT2D eigenvalue weighted by atomic mass is 9.79. The van der Waals surface area contributed by atoms with E-state index in [4.69, 9.17) is 4.98 Å². The van der Waals surface area contributed by atoms with Crippen LogP contribution in [0.4, 0.5) is 20.3 Å². The molecule has 1 fully saturated rings. The molecule has 36 heavy (non-hydrogen) atoms. The van der Waals surface area contributed by atoms with Crippen molar-refractivity contribution < 1.29 is 8.78 Å². The van der Waals surface area contributed by atoms with Gasteiger partial charge >= 0.3 is 0 Å². The number of fused-ring (bicyclic) bond motifs is 1. The van der Waals surface area contributed by atoms with E-state index in [1.807, 2.05) is 40.0 Å². The minimum atomic E-state index is -0.539. The number of aromatic nitrogens is 1. The van der Waals surface area contributed by atoms with Gasteiger partial charge in [-0.05, 0) is 43.9 Å². The highest BCUT2D eigenvalue weighted by Gasteiger charge is 2.48. The first-order valence-corrected chi connectivity index (χ1v) is 13.3. The number of benzene rings is 1. The van der Waals surface area contributed by atoms with Gasteiger partial charge in [0.15, 0.2) is 5.82 Å². The molecule has 2 aromatic rings. The summed E-state index contributed by atoms with van der Waals surface area (Å²) in [4.78, 5) is 11.6. The lowest BCUT2D eigenvalue weighted by Crippen LogP contribution is -2.61. The molecule has 1 saturated heterocycles. The summed E-state index contributed by atoms with van der Waals surface area (Å²) in [5.74, 6) is 0.182. The molecule has 0 aliphatic carbocycles. The van der Waals surface area contributed by atoms with Crippen molar-refractivity contribution in [1.29, 1.82) is 0 Å². The fourth-order valence-electron chi connectivity index (χ4n) is 5.06. The molecule has 0 radical (unpaired) electrons. The fourth-order valence-corrected chi connectivity index (χ4v) is 5.06. The Kier molecular flexibility index (Phi) is 10.7. The number of halogens is 2. The molecule has 198 valence electrons. The second-order valence-electron chi connectivity index (χ2n) is 9.10. The first-order chi connectivity index (χ1) is 17.3. The summed E-state index contributed by atoms with van der Waals surface area (Å²) in [5.41, 5.74) is 3.67. The zero-order valence-electron chi connectivity index (χ0n) is 23.4. The number of hydrogen-bond donors (Lipinski definition) is 0. The highest BCUT2D eigenvalue weighted by molar-refractivity contribution is 5.78. The van der Waals surface area contributed by atoms with Gasteiger partial charge < -0.3 is 4.90 Å². The van der Waals surface area contributed by atoms with Crippen LogP contribution in [0.15, 0.2) is 60.6 Å². The monoisotopic (exact) mass is 498 g/mol. The average Bonchev–Trinajstić information content (AvgIpc) is 2.90. The van der Waals surface area contributed by atoms with Gasteiger partial charge in [0.25, 0.3) is 0 Å². The van der Waals surface area contributed by atoms with Crippen LogP contribution in [0.1, 0.15) is 66.9 Å². The highest BCUT2D eigenvalue weighted by Crippen LogP contribution is 2.49. The Balaban J connectivity index is 0.00000109. The quantitative estimate of drug-likeness (QED) is 0.429. The molecule has 1 spiro atoms. The van der Waals surface area contributed by atoms with Crippen LogP contribution in [-0.2, 0) is 6.54 Å². The second-order valence-corrected chi connectivity index (χ2v) is 9.10. The van der Waals surface area contributed by atoms with Gasteiger partial charge in [-0.25, -0.2) is 13.8 Å². The van der Waals surface area contributed by atoms with Gasteiger partial charge in [0.05, 0.1) is 11.2 Å². The Hall–Kier alpha value is -2.73. The molecule has 1 aromatic carbocycles. The van der Waals surface area contributed by atoms with Crippen LogP contribution in [0.2, 0.25) is 0 Å². The molecule has 2 aliphatic rings. The number of pyridine rings is 1. The van der Waals surface area contributed by atoms with E-state index in [-0.39, 0.29) is 11.5 Å². The van der Waals surface area contributed by atoms with Crippen molar-refractivity contribution in [3.05, 3.63) is 77.8 Å². The number of hydrogen-bond acceptors (Lipinski definition) is 4. The zero-order chi connectivity index (χ0) is 27.0. The maximum atomic E-state index is 14.2. The second kappa shape index (κ2) is 13.0. The van der Waals surface area contributed by atoms with Gasteiger partial charge in [0, 0.05) is 55.9 Å². The van der Waals surface area contributed by atoms with Gasteiger partial charge in [-0.2, -0.15) is 0 Å². The van der Waals surface area contributed by atoms with Crippen molar-refractivity contribution in [2.24, 2.45) is 5.92 Å². The van der Waals surface area contributed by atoms with Crippen molar-refractivity contribution in [3.63, 3.8) is 0 Å². The predicted octanol–water partition coefficient (Wildman–Crippen LogP) is 7.78. The van der Waals surface area contributed by atoms with Crippen molar-refractivity contribution in [2.75, 3.05) is 29.9 Å². The smallest absolute Gasteiger partial charge is 0.160 e. The van der Waals surface area contributed by atoms with E-state index in [1.165, 1.54) is 11.8 Å². The van der Waals surface area contributed by atoms with Crippen LogP contribution >= 0.6 is 0 Å². The average molecular weight is 499 g/mol. The zero-order valence-corrected chi connectivity index (χ0v) is 23.4. The molecular formula is C30H44F2N4. The topological polar surface area (TPSA) is 22.6 Å². The molecule has 6 heteroatoms. The van der Waals surface area contributed by atoms with Crippen molar-refractivity contribution in [3.8, 4) is 0 Å². The van der Waals surface area contributed by atoms with Gasteiger partial charge in [-0.1, -0.05) is 60.3 Å². The van der Waals surface area contributed by atoms with Crippen LogP contribution in [0, 0.1) is 17.6 Å². The molecule has 4 rings (SSSR count). The lowest BCUT2D eigenvalue weighted by Gasteiger charge is -2.56. The summed E-state index contributed by atoms with van der Waals surface area (Å²) in [6, 6.07) is 7.95. The van der Waals surface area contributed by atoms with Crippen LogP contribution in [0.5, 0.6) is 0 Å². The Morgan fingerprint density at radius 2 is 1.75 bits per heavy atom. The molecule has 2 aliphatic heterocycles. The molecule has 0 N–H and O–H groups in total. The summed E-state index contributed by atoms with van der Waals surface area (Å²) >= 11 is 0. The van der Waals surface area contributed by atoms with E-state index in [1.54, 1.807) is 6.07 Å². The number of nitrogens with zero attached hydrogens (tertiary/aromatic N) is 4. The van der Waals surface area contributed by atoms with E-state index >= 15 is 0 Å². The fraction of sp³-hybridized carbons (Fsp3) is 0.500. The molecule has 0 unspecified atom stereocenters. The molecule has 0 bridgehead atoms. The van der Waals surface area contributed by atoms with Crippen LogP contribution < -0.4 is 9.80 Å². The molecule has 0 atom stereocenters. The molecule has 3 heterocycles. The number of likely N-dealkylation sites (tertiary alicyclic amines) is 1. The standard InChI is InChI=1S/C26H32F2N4.2C2H6/c1-6-24-26(11-14-31(15-12-26)17-20-9-10-21(27)16-22(20)28)30(5)23-8-7-13-29-25(23)32(24)19(4)18(2)3;2*1-2/h6-10,13,16,18H,4,11-12,14-15,17H2,1-3,5H3;2*1-2H3/b24-6-;;. The largest absolute Gasteiger partial charge is 0.360 e. The van der Waals surface area contributed by atoms with E-state index in [2.05, 4.69) is 61.2 Å². The first kappa shape index (κ1) is 29.5. The normalized spacial score (nSPS) is 17.8. The number of anilines is 2. The Morgan fingerprint density at radius 3 is 2.31 bits per heavy atom. The first-order valence-electron chi connectivity index (χ1n) is 13.3. The van der Waals surface area contributed by atoms with E-state index in [0.717, 1.165) is 49.2 Å². The van der Waals surface area contributed by atoms with E-state index in [9.17, 15) is 8.78 Å². The summed E-state index contributed by atoms with van der Waals surface area (Å²) in [6.07, 6.45) is 5.81. The Morgan fingerprint density at radius 1 is 1.11 bits per heavy atom. The predicted molar refractivity (Wildman–Crippen MR) is 149 cm³/mol. The maximum Gasteiger partial charge on any atom is 0.160 e. The van der Waals surface area contributed by atoms with Gasteiger partial charge in [-0.3, -0.25) is 9.80 Å². The van der Waals surface area contributed by atoms with Crippen LogP contribution in [0.25, 0.3) is 0 Å². The van der Waals surface area contributed by atoms with Crippen LogP contribution in [0.3, 0.4) is 0 Å². The number of rotatable bonds is 4. The lowest BCUT2D eigenvalue weighted by molar-refractivity contribution is 0.165. The SMILES string of the molecule is C=C(C(C)C)N1/C(=C\C)C2(CCN(Cc3ccc(F)cc3F)CC2)N(C)c2cccnc21.CC.CC. The van der Waals surface area contributed by atoms with Gasteiger partial charge in [0.1, 0.15) is 11.6 Å². The van der Waals surface area contributed by atoms with Crippen molar-refractivity contribution >= 4 is 11.5 Å². The summed E-state index contributed by atoms with van der Waals surface area (Å²) in [7, 11) is 2.15. The summed E-state index contributed by atoms with van der Waals surface area (Å²) < 4.78 is 27.5. The summed E-state index contributed by atoms with van der Waals surface area (Å²) in [5, 5.41) is 0. The van der Waals surface area contributed by atoms with Crippen molar-refractivity contribution in [2.45, 2.75) is 73.4 Å². The third-order valence-electron chi connectivity index (χ3n) is 7.02. The Labute approximate surface area is 217 Å². The minimum Gasteiger partial charge on any atom is -0.360 e. The van der Waals surface area contributed by atoms with Crippen molar-refractivity contribution in [1.82, 2.24) is 9.88 Å². The third kappa shape index (κ3) is 5.64. The number of likely N-dealkylation sites (N-methyl/N-ethyl adjacent to an activating group) is 1. The molecule has 4 nitrogen and oxygen atoms in total. The molecule has 0 saturated carbocycles. The molecule has 1 aromatic heterocycles. The van der Waals surface area contributed by atoms with E-state index in [0.29, 0.717) is 12.1 Å². The summed E-state index contributed by atoms with van der Waals surface area (Å²) in [6.45, 7) is 20.9. The van der Waals surface area contributed by atoms with Gasteiger partial charge in [-0.15, -0.1) is 0 Å². The molecule has 0 amide bonds. The Bertz CT molecular complexity index is 1040. The molecular weight excluding hydrogens is 454 g/mol. The number of piperidine rings is 1. The van der Waals surface area contributed by atoms with Gasteiger partial charge in [0.2, 0.25) is 0 Å². The third-order valence-corrected chi connectivity index (χ3v) is 7.02. The number of allylic oxidation sites excluding steroid dienone is 2. The van der Waals surface area contributed by atoms with E-state index < -0.39 is 11.6 Å².